The molecule has 0 saturated heterocycles. The molecular formula is C17H17FN2O3S. The Bertz CT molecular complexity index is 846. The molecule has 0 aliphatic carbocycles. The van der Waals surface area contributed by atoms with E-state index < -0.39 is 10.0 Å². The second-order valence-corrected chi connectivity index (χ2v) is 6.83. The number of amides is 1. The highest BCUT2D eigenvalue weighted by Crippen LogP contribution is 2.12. The predicted octanol–water partition coefficient (Wildman–Crippen LogP) is 2.66. The van der Waals surface area contributed by atoms with Crippen LogP contribution in [0.4, 0.5) is 10.1 Å². The number of halogens is 1. The average Bonchev–Trinajstić information content (AvgIpc) is 2.48. The van der Waals surface area contributed by atoms with Gasteiger partial charge in [0.15, 0.2) is 0 Å². The van der Waals surface area contributed by atoms with Crippen LogP contribution in [0.25, 0.3) is 6.08 Å². The van der Waals surface area contributed by atoms with Crippen molar-refractivity contribution in [1.82, 2.24) is 0 Å². The summed E-state index contributed by atoms with van der Waals surface area (Å²) in [6.07, 6.45) is 3.44. The highest BCUT2D eigenvalue weighted by Gasteiger charge is 2.05. The van der Waals surface area contributed by atoms with E-state index in [1.54, 1.807) is 48.6 Å². The zero-order valence-electron chi connectivity index (χ0n) is 12.8. The number of sulfonamides is 1. The minimum absolute atomic E-state index is 0.134. The highest BCUT2D eigenvalue weighted by molar-refractivity contribution is 7.88. The van der Waals surface area contributed by atoms with Crippen molar-refractivity contribution in [3.05, 3.63) is 71.6 Å². The van der Waals surface area contributed by atoms with Crippen molar-refractivity contribution in [2.45, 2.75) is 12.2 Å². The van der Waals surface area contributed by atoms with Gasteiger partial charge < -0.3 is 5.32 Å². The van der Waals surface area contributed by atoms with E-state index in [1.165, 1.54) is 12.1 Å². The quantitative estimate of drug-likeness (QED) is 0.841. The molecule has 0 aliphatic rings. The molecule has 0 bridgehead atoms. The van der Waals surface area contributed by atoms with Gasteiger partial charge in [0.1, 0.15) is 5.82 Å². The van der Waals surface area contributed by atoms with E-state index in [2.05, 4.69) is 5.32 Å². The molecule has 1 amide bonds. The van der Waals surface area contributed by atoms with Crippen molar-refractivity contribution >= 4 is 27.7 Å². The Morgan fingerprint density at radius 3 is 2.50 bits per heavy atom. The number of nitrogens with one attached hydrogen (secondary N) is 1. The van der Waals surface area contributed by atoms with Gasteiger partial charge in [-0.25, -0.2) is 17.9 Å². The Morgan fingerprint density at radius 1 is 1.17 bits per heavy atom. The maximum absolute atomic E-state index is 13.0. The summed E-state index contributed by atoms with van der Waals surface area (Å²) in [6, 6.07) is 12.4. The van der Waals surface area contributed by atoms with Gasteiger partial charge in [-0.15, -0.1) is 0 Å². The number of carbonyl (C=O) groups excluding carboxylic acids is 1. The van der Waals surface area contributed by atoms with Crippen LogP contribution in [0.5, 0.6) is 0 Å². The Hall–Kier alpha value is -2.51. The molecule has 0 aromatic heterocycles. The second kappa shape index (κ2) is 7.85. The lowest BCUT2D eigenvalue weighted by Gasteiger charge is -2.05. The molecule has 0 spiro atoms. The molecule has 0 unspecified atom stereocenters. The molecule has 2 rings (SSSR count). The van der Waals surface area contributed by atoms with Crippen molar-refractivity contribution in [2.75, 3.05) is 5.32 Å². The number of carbonyl (C=O) groups is 1. The largest absolute Gasteiger partial charge is 0.326 e. The molecule has 0 fully saturated rings. The molecule has 0 atom stereocenters. The molecule has 0 saturated carbocycles. The maximum Gasteiger partial charge on any atom is 0.228 e. The molecular weight excluding hydrogens is 331 g/mol. The first-order chi connectivity index (χ1) is 11.3. The zero-order valence-corrected chi connectivity index (χ0v) is 13.6. The van der Waals surface area contributed by atoms with Gasteiger partial charge in [0.2, 0.25) is 15.9 Å². The fourth-order valence-corrected chi connectivity index (χ4v) is 2.70. The first-order valence-electron chi connectivity index (χ1n) is 7.13. The lowest BCUT2D eigenvalue weighted by atomic mass is 10.2. The lowest BCUT2D eigenvalue weighted by molar-refractivity contribution is -0.115. The summed E-state index contributed by atoms with van der Waals surface area (Å²) < 4.78 is 35.0. The fourth-order valence-electron chi connectivity index (χ4n) is 2.04. The summed E-state index contributed by atoms with van der Waals surface area (Å²) in [6.45, 7) is 0. The lowest BCUT2D eigenvalue weighted by Crippen LogP contribution is -2.14. The minimum atomic E-state index is -3.58. The zero-order chi connectivity index (χ0) is 17.6. The topological polar surface area (TPSA) is 89.3 Å². The molecule has 5 nitrogen and oxygen atoms in total. The summed E-state index contributed by atoms with van der Waals surface area (Å²) in [5.41, 5.74) is 1.77. The van der Waals surface area contributed by atoms with E-state index >= 15 is 0 Å². The van der Waals surface area contributed by atoms with Crippen molar-refractivity contribution in [2.24, 2.45) is 5.14 Å². The van der Waals surface area contributed by atoms with Crippen LogP contribution in [-0.2, 0) is 20.6 Å². The normalized spacial score (nSPS) is 11.6. The average molecular weight is 348 g/mol. The predicted molar refractivity (Wildman–Crippen MR) is 91.9 cm³/mol. The van der Waals surface area contributed by atoms with Gasteiger partial charge in [-0.3, -0.25) is 4.79 Å². The van der Waals surface area contributed by atoms with E-state index in [-0.39, 0.29) is 23.9 Å². The minimum Gasteiger partial charge on any atom is -0.326 e. The maximum atomic E-state index is 13.0. The van der Waals surface area contributed by atoms with Crippen LogP contribution in [0.1, 0.15) is 17.5 Å². The number of hydrogen-bond acceptors (Lipinski definition) is 3. The van der Waals surface area contributed by atoms with Crippen LogP contribution in [0.15, 0.2) is 54.6 Å². The van der Waals surface area contributed by atoms with E-state index in [1.807, 2.05) is 0 Å². The third kappa shape index (κ3) is 6.31. The standard InChI is InChI=1S/C17H17FN2O3S/c18-15-5-1-3-13(11-15)4-2-6-17(21)20-16-9-7-14(8-10-16)12-24(19,22)23/h1-5,7-11H,6,12H2,(H,20,21)(H2,19,22,23). The molecule has 0 radical (unpaired) electrons. The highest BCUT2D eigenvalue weighted by atomic mass is 32.2. The second-order valence-electron chi connectivity index (χ2n) is 5.21. The monoisotopic (exact) mass is 348 g/mol. The van der Waals surface area contributed by atoms with Crippen LogP contribution in [0.2, 0.25) is 0 Å². The number of anilines is 1. The van der Waals surface area contributed by atoms with Gasteiger partial charge in [0.25, 0.3) is 0 Å². The summed E-state index contributed by atoms with van der Waals surface area (Å²) in [5.74, 6) is -0.819. The van der Waals surface area contributed by atoms with Crippen LogP contribution < -0.4 is 10.5 Å². The van der Waals surface area contributed by atoms with Gasteiger partial charge in [-0.1, -0.05) is 36.4 Å². The third-order valence-corrected chi connectivity index (χ3v) is 3.80. The van der Waals surface area contributed by atoms with Gasteiger partial charge in [-0.2, -0.15) is 0 Å². The molecule has 0 aliphatic heterocycles. The van der Waals surface area contributed by atoms with Crippen molar-refractivity contribution in [1.29, 1.82) is 0 Å². The molecule has 24 heavy (non-hydrogen) atoms. The third-order valence-electron chi connectivity index (χ3n) is 3.07. The van der Waals surface area contributed by atoms with Crippen LogP contribution in [0.3, 0.4) is 0 Å². The SMILES string of the molecule is NS(=O)(=O)Cc1ccc(NC(=O)CC=Cc2cccc(F)c2)cc1. The van der Waals surface area contributed by atoms with E-state index in [0.717, 1.165) is 0 Å². The molecule has 126 valence electrons. The van der Waals surface area contributed by atoms with Crippen molar-refractivity contribution in [3.8, 4) is 0 Å². The Morgan fingerprint density at radius 2 is 1.88 bits per heavy atom. The fraction of sp³-hybridized carbons (Fsp3) is 0.118. The Kier molecular flexibility index (Phi) is 5.83. The van der Waals surface area contributed by atoms with Gasteiger partial charge in [0.05, 0.1) is 5.75 Å². The number of hydrogen-bond donors (Lipinski definition) is 2. The van der Waals surface area contributed by atoms with Crippen LogP contribution in [-0.4, -0.2) is 14.3 Å². The number of benzene rings is 2. The molecule has 2 aromatic carbocycles. The van der Waals surface area contributed by atoms with Crippen LogP contribution >= 0.6 is 0 Å². The molecule has 2 aromatic rings. The van der Waals surface area contributed by atoms with E-state index in [9.17, 15) is 17.6 Å². The van der Waals surface area contributed by atoms with Crippen LogP contribution in [0, 0.1) is 5.82 Å². The number of primary sulfonamides is 1. The summed E-state index contributed by atoms with van der Waals surface area (Å²) in [5, 5.41) is 7.65. The first kappa shape index (κ1) is 17.8. The first-order valence-corrected chi connectivity index (χ1v) is 8.85. The molecule has 0 heterocycles. The van der Waals surface area contributed by atoms with Gasteiger partial charge in [0, 0.05) is 12.1 Å². The van der Waals surface area contributed by atoms with Crippen molar-refractivity contribution < 1.29 is 17.6 Å². The van der Waals surface area contributed by atoms with E-state index in [4.69, 9.17) is 5.14 Å². The van der Waals surface area contributed by atoms with Gasteiger partial charge >= 0.3 is 0 Å². The summed E-state index contributed by atoms with van der Waals surface area (Å²) >= 11 is 0. The summed E-state index contributed by atoms with van der Waals surface area (Å²) in [4.78, 5) is 11.8. The van der Waals surface area contributed by atoms with Gasteiger partial charge in [-0.05, 0) is 35.4 Å². The molecule has 3 N–H and O–H groups in total. The summed E-state index contributed by atoms with van der Waals surface area (Å²) in [7, 11) is -3.58. The van der Waals surface area contributed by atoms with E-state index in [0.29, 0.717) is 16.8 Å². The number of nitrogens with two attached hydrogens (primary N) is 1. The van der Waals surface area contributed by atoms with Crippen molar-refractivity contribution in [3.63, 3.8) is 0 Å². The molecule has 7 heteroatoms. The number of rotatable bonds is 6. The Labute approximate surface area is 140 Å². The smallest absolute Gasteiger partial charge is 0.228 e. The Balaban J connectivity index is 1.88.